The normalized spacial score (nSPS) is 16.2. The lowest BCUT2D eigenvalue weighted by Crippen LogP contribution is -2.47. The van der Waals surface area contributed by atoms with Gasteiger partial charge in [-0.15, -0.1) is 11.3 Å². The Morgan fingerprint density at radius 2 is 1.67 bits per heavy atom. The summed E-state index contributed by atoms with van der Waals surface area (Å²) in [7, 11) is -3.87. The van der Waals surface area contributed by atoms with Crippen LogP contribution in [0, 0.1) is 26.7 Å². The minimum atomic E-state index is -3.87. The molecule has 1 aliphatic heterocycles. The Labute approximate surface area is 238 Å². The average Bonchev–Trinajstić information content (AvgIpc) is 3.30. The molecule has 1 atom stereocenters. The molecule has 0 saturated carbocycles. The Kier molecular flexibility index (Phi) is 8.46. The van der Waals surface area contributed by atoms with Crippen molar-refractivity contribution in [2.75, 3.05) is 19.6 Å². The third-order valence-corrected chi connectivity index (χ3v) is 10.6. The van der Waals surface area contributed by atoms with Gasteiger partial charge in [0.15, 0.2) is 0 Å². The fraction of sp³-hybridized carbons (Fsp3) is 0.469. The van der Waals surface area contributed by atoms with E-state index >= 15 is 0 Å². The van der Waals surface area contributed by atoms with E-state index in [9.17, 15) is 13.2 Å². The van der Waals surface area contributed by atoms with Crippen LogP contribution in [0.5, 0.6) is 0 Å². The van der Waals surface area contributed by atoms with Crippen LogP contribution in [0.1, 0.15) is 78.9 Å². The molecule has 0 bridgehead atoms. The van der Waals surface area contributed by atoms with Gasteiger partial charge in [0.05, 0.1) is 17.5 Å². The van der Waals surface area contributed by atoms with Crippen molar-refractivity contribution in [3.05, 3.63) is 86.1 Å². The third-order valence-electron chi connectivity index (χ3n) is 7.46. The molecule has 4 rings (SSSR count). The molecule has 2 aromatic carbocycles. The van der Waals surface area contributed by atoms with Crippen molar-refractivity contribution in [1.82, 2.24) is 9.21 Å². The van der Waals surface area contributed by atoms with Gasteiger partial charge >= 0.3 is 0 Å². The van der Waals surface area contributed by atoms with E-state index in [0.717, 1.165) is 23.1 Å². The second kappa shape index (κ2) is 11.2. The maximum absolute atomic E-state index is 14.1. The minimum Gasteiger partial charge on any atom is -0.330 e. The molecule has 5 nitrogen and oxygen atoms in total. The molecule has 0 saturated heterocycles. The Hall–Kier alpha value is -2.48. The first-order valence-corrected chi connectivity index (χ1v) is 16.1. The first-order valence-electron chi connectivity index (χ1n) is 13.7. The highest BCUT2D eigenvalue weighted by molar-refractivity contribution is 7.89. The monoisotopic (exact) mass is 566 g/mol. The number of amides is 1. The fourth-order valence-corrected chi connectivity index (χ4v) is 8.58. The van der Waals surface area contributed by atoms with Crippen molar-refractivity contribution in [2.45, 2.75) is 78.2 Å². The van der Waals surface area contributed by atoms with Gasteiger partial charge in [0, 0.05) is 18.0 Å². The van der Waals surface area contributed by atoms with Crippen molar-refractivity contribution in [2.24, 2.45) is 5.92 Å². The highest BCUT2D eigenvalue weighted by Crippen LogP contribution is 2.39. The summed E-state index contributed by atoms with van der Waals surface area (Å²) in [5.41, 5.74) is 5.93. The second-order valence-electron chi connectivity index (χ2n) is 12.3. The fourth-order valence-electron chi connectivity index (χ4n) is 5.71. The zero-order valence-corrected chi connectivity index (χ0v) is 26.2. The van der Waals surface area contributed by atoms with E-state index in [1.807, 2.05) is 51.7 Å². The van der Waals surface area contributed by atoms with E-state index < -0.39 is 10.0 Å². The Balaban J connectivity index is 1.71. The Morgan fingerprint density at radius 1 is 1.05 bits per heavy atom. The summed E-state index contributed by atoms with van der Waals surface area (Å²) in [6.07, 6.45) is 0.780. The lowest BCUT2D eigenvalue weighted by molar-refractivity contribution is -0.133. The van der Waals surface area contributed by atoms with Gasteiger partial charge in [-0.05, 0) is 77.8 Å². The van der Waals surface area contributed by atoms with Crippen molar-refractivity contribution in [3.63, 3.8) is 0 Å². The summed E-state index contributed by atoms with van der Waals surface area (Å²) in [5, 5.41) is 2.09. The summed E-state index contributed by atoms with van der Waals surface area (Å²) in [5.74, 6) is -0.0902. The molecule has 2 heterocycles. The van der Waals surface area contributed by atoms with Crippen LogP contribution in [0.4, 0.5) is 0 Å². The smallest absolute Gasteiger partial charge is 0.244 e. The van der Waals surface area contributed by atoms with E-state index in [0.29, 0.717) is 22.6 Å². The lowest BCUT2D eigenvalue weighted by Gasteiger charge is -2.38. The molecule has 0 aliphatic carbocycles. The van der Waals surface area contributed by atoms with E-state index in [1.165, 1.54) is 14.7 Å². The topological polar surface area (TPSA) is 57.7 Å². The molecule has 1 unspecified atom stereocenters. The molecule has 1 amide bonds. The van der Waals surface area contributed by atoms with Crippen LogP contribution >= 0.6 is 11.3 Å². The van der Waals surface area contributed by atoms with E-state index in [1.54, 1.807) is 11.3 Å². The average molecular weight is 567 g/mol. The number of thiophene rings is 1. The second-order valence-corrected chi connectivity index (χ2v) is 15.2. The number of rotatable bonds is 7. The Morgan fingerprint density at radius 3 is 2.23 bits per heavy atom. The van der Waals surface area contributed by atoms with Crippen molar-refractivity contribution in [3.8, 4) is 0 Å². The number of nitrogens with zero attached hydrogens (tertiary/aromatic N) is 2. The summed E-state index contributed by atoms with van der Waals surface area (Å²) in [4.78, 5) is 17.6. The van der Waals surface area contributed by atoms with Crippen LogP contribution in [0.25, 0.3) is 0 Å². The van der Waals surface area contributed by atoms with Crippen molar-refractivity contribution < 1.29 is 13.2 Å². The van der Waals surface area contributed by atoms with Gasteiger partial charge in [-0.1, -0.05) is 76.6 Å². The standard InChI is InChI=1S/C32H42N2O3S2/c1-21(2)19-33(39(36,37)31-23(4)17-22(3)18-24(31)5)20-29(35)34-15-13-28-27(14-16-38-28)30(34)25-9-11-26(12-10-25)32(6,7)8/h9-12,14,16-18,21,30H,13,15,19-20H2,1-8H3. The number of fused-ring (bicyclic) bond motifs is 1. The van der Waals surface area contributed by atoms with Crippen molar-refractivity contribution >= 4 is 27.3 Å². The van der Waals surface area contributed by atoms with Crippen LogP contribution in [-0.4, -0.2) is 43.2 Å². The molecule has 210 valence electrons. The molecule has 1 aromatic heterocycles. The Bertz CT molecular complexity index is 1420. The summed E-state index contributed by atoms with van der Waals surface area (Å²) in [6.45, 7) is 16.9. The van der Waals surface area contributed by atoms with Crippen LogP contribution in [0.3, 0.4) is 0 Å². The van der Waals surface area contributed by atoms with Gasteiger partial charge in [0.2, 0.25) is 15.9 Å². The minimum absolute atomic E-state index is 0.0338. The molecule has 3 aromatic rings. The summed E-state index contributed by atoms with van der Waals surface area (Å²) in [6, 6.07) is 14.2. The van der Waals surface area contributed by atoms with Crippen LogP contribution in [0.15, 0.2) is 52.7 Å². The van der Waals surface area contributed by atoms with E-state index in [4.69, 9.17) is 0 Å². The van der Waals surface area contributed by atoms with Gasteiger partial charge in [0.1, 0.15) is 0 Å². The quantitative estimate of drug-likeness (QED) is 0.316. The van der Waals surface area contributed by atoms with Crippen molar-refractivity contribution in [1.29, 1.82) is 0 Å². The maximum Gasteiger partial charge on any atom is 0.244 e. The van der Waals surface area contributed by atoms with Crippen LogP contribution < -0.4 is 0 Å². The van der Waals surface area contributed by atoms with E-state index in [2.05, 4.69) is 56.5 Å². The number of benzene rings is 2. The number of hydrogen-bond donors (Lipinski definition) is 0. The van der Waals surface area contributed by atoms with Gasteiger partial charge in [-0.2, -0.15) is 4.31 Å². The van der Waals surface area contributed by atoms with E-state index in [-0.39, 0.29) is 36.4 Å². The predicted octanol–water partition coefficient (Wildman–Crippen LogP) is 6.79. The number of carbonyl (C=O) groups is 1. The van der Waals surface area contributed by atoms with Gasteiger partial charge in [-0.3, -0.25) is 4.79 Å². The molecule has 7 heteroatoms. The maximum atomic E-state index is 14.1. The zero-order chi connectivity index (χ0) is 28.7. The predicted molar refractivity (Wildman–Crippen MR) is 161 cm³/mol. The molecule has 0 radical (unpaired) electrons. The molecule has 1 aliphatic rings. The molecule has 0 spiro atoms. The highest BCUT2D eigenvalue weighted by Gasteiger charge is 2.36. The molecule has 39 heavy (non-hydrogen) atoms. The molecule has 0 fully saturated rings. The number of hydrogen-bond acceptors (Lipinski definition) is 4. The van der Waals surface area contributed by atoms with Gasteiger partial charge < -0.3 is 4.90 Å². The highest BCUT2D eigenvalue weighted by atomic mass is 32.2. The summed E-state index contributed by atoms with van der Waals surface area (Å²) < 4.78 is 29.5. The van der Waals surface area contributed by atoms with Gasteiger partial charge in [-0.25, -0.2) is 8.42 Å². The van der Waals surface area contributed by atoms with Crippen LogP contribution in [-0.2, 0) is 26.7 Å². The SMILES string of the molecule is Cc1cc(C)c(S(=O)(=O)N(CC(=O)N2CCc3sccc3C2c2ccc(C(C)(C)C)cc2)CC(C)C)c(C)c1. The number of aryl methyl sites for hydroxylation is 3. The number of sulfonamides is 1. The third kappa shape index (κ3) is 6.16. The molecular weight excluding hydrogens is 524 g/mol. The first kappa shape index (κ1) is 29.5. The zero-order valence-electron chi connectivity index (χ0n) is 24.5. The molecular formula is C32H42N2O3S2. The molecule has 0 N–H and O–H groups in total. The number of carbonyl (C=O) groups excluding carboxylic acids is 1. The van der Waals surface area contributed by atoms with Gasteiger partial charge in [0.25, 0.3) is 0 Å². The largest absolute Gasteiger partial charge is 0.330 e. The van der Waals surface area contributed by atoms with Crippen LogP contribution in [0.2, 0.25) is 0 Å². The lowest BCUT2D eigenvalue weighted by atomic mass is 9.85. The summed E-state index contributed by atoms with van der Waals surface area (Å²) >= 11 is 1.73. The first-order chi connectivity index (χ1) is 18.2.